The largest absolute Gasteiger partial charge is 0.494 e. The van der Waals surface area contributed by atoms with Crippen LogP contribution in [0.1, 0.15) is 62.5 Å². The number of nitrogens with zero attached hydrogens (tertiary/aromatic N) is 1. The van der Waals surface area contributed by atoms with Crippen molar-refractivity contribution in [1.82, 2.24) is 9.78 Å². The molecule has 0 saturated heterocycles. The number of rotatable bonds is 7. The fourth-order valence-electron chi connectivity index (χ4n) is 3.18. The fraction of sp³-hybridized carbons (Fsp3) is 0.500. The molecule has 146 valence electrons. The topological polar surface area (TPSA) is 76.1 Å². The molecule has 0 bridgehead atoms. The van der Waals surface area contributed by atoms with Gasteiger partial charge in [0.1, 0.15) is 11.6 Å². The molecule has 1 aromatic carbocycles. The van der Waals surface area contributed by atoms with Gasteiger partial charge in [-0.05, 0) is 38.0 Å². The highest BCUT2D eigenvalue weighted by atomic mass is 32.2. The number of carbonyl (C=O) groups excluding carboxylic acids is 1. The number of hydrogen-bond donors (Lipinski definition) is 2. The molecule has 2 N–H and O–H groups in total. The highest BCUT2D eigenvalue weighted by Crippen LogP contribution is 2.40. The third-order valence-electron chi connectivity index (χ3n) is 4.58. The SMILES string of the molecule is CCCCCOc1ccc(C2SCC(=O)Nc3c2c(=O)[nH]n3C(C)C)cc1. The van der Waals surface area contributed by atoms with Gasteiger partial charge in [-0.25, -0.2) is 0 Å². The highest BCUT2D eigenvalue weighted by molar-refractivity contribution is 8.00. The third kappa shape index (κ3) is 4.40. The Kier molecular flexibility index (Phi) is 6.31. The van der Waals surface area contributed by atoms with E-state index in [0.717, 1.165) is 24.2 Å². The van der Waals surface area contributed by atoms with Crippen LogP contribution in [0.5, 0.6) is 5.75 Å². The first kappa shape index (κ1) is 19.6. The molecule has 1 aliphatic heterocycles. The van der Waals surface area contributed by atoms with E-state index in [1.165, 1.54) is 18.2 Å². The van der Waals surface area contributed by atoms with Crippen molar-refractivity contribution in [2.24, 2.45) is 0 Å². The van der Waals surface area contributed by atoms with Gasteiger partial charge >= 0.3 is 0 Å². The molecule has 0 spiro atoms. The lowest BCUT2D eigenvalue weighted by Crippen LogP contribution is -2.17. The van der Waals surface area contributed by atoms with Crippen LogP contribution < -0.4 is 15.6 Å². The van der Waals surface area contributed by atoms with Crippen LogP contribution in [0, 0.1) is 0 Å². The van der Waals surface area contributed by atoms with E-state index in [2.05, 4.69) is 17.3 Å². The second-order valence-electron chi connectivity index (χ2n) is 7.03. The van der Waals surface area contributed by atoms with Crippen molar-refractivity contribution >= 4 is 23.5 Å². The number of fused-ring (bicyclic) bond motifs is 1. The van der Waals surface area contributed by atoms with Crippen LogP contribution in [0.2, 0.25) is 0 Å². The second kappa shape index (κ2) is 8.69. The highest BCUT2D eigenvalue weighted by Gasteiger charge is 2.30. The molecule has 1 atom stereocenters. The molecule has 6 nitrogen and oxygen atoms in total. The first-order valence-corrected chi connectivity index (χ1v) is 10.5. The summed E-state index contributed by atoms with van der Waals surface area (Å²) in [6.07, 6.45) is 3.38. The number of unbranched alkanes of at least 4 members (excludes halogenated alkanes) is 2. The van der Waals surface area contributed by atoms with E-state index in [1.54, 1.807) is 4.68 Å². The molecule has 1 aromatic heterocycles. The maximum absolute atomic E-state index is 12.6. The van der Waals surface area contributed by atoms with Gasteiger partial charge in [-0.3, -0.25) is 19.4 Å². The monoisotopic (exact) mass is 389 g/mol. The summed E-state index contributed by atoms with van der Waals surface area (Å²) in [7, 11) is 0. The molecule has 27 heavy (non-hydrogen) atoms. The van der Waals surface area contributed by atoms with E-state index in [9.17, 15) is 9.59 Å². The minimum atomic E-state index is -0.197. The first-order valence-electron chi connectivity index (χ1n) is 9.49. The summed E-state index contributed by atoms with van der Waals surface area (Å²) in [5, 5.41) is 5.56. The van der Waals surface area contributed by atoms with Crippen LogP contribution in [-0.2, 0) is 4.79 Å². The number of benzene rings is 1. The molecule has 1 unspecified atom stereocenters. The number of H-pyrrole nitrogens is 1. The summed E-state index contributed by atoms with van der Waals surface area (Å²) >= 11 is 1.47. The smallest absolute Gasteiger partial charge is 0.270 e. The predicted molar refractivity (Wildman–Crippen MR) is 110 cm³/mol. The summed E-state index contributed by atoms with van der Waals surface area (Å²) in [5.41, 5.74) is 1.44. The predicted octanol–water partition coefficient (Wildman–Crippen LogP) is 4.10. The number of nitrogens with one attached hydrogen (secondary N) is 2. The zero-order valence-electron chi connectivity index (χ0n) is 16.1. The average molecular weight is 390 g/mol. The number of anilines is 1. The van der Waals surface area contributed by atoms with Crippen molar-refractivity contribution in [3.63, 3.8) is 0 Å². The molecule has 3 rings (SSSR count). The quantitative estimate of drug-likeness (QED) is 0.699. The van der Waals surface area contributed by atoms with E-state index in [0.29, 0.717) is 23.7 Å². The molecule has 0 radical (unpaired) electrons. The molecule has 1 amide bonds. The van der Waals surface area contributed by atoms with Crippen LogP contribution in [0.4, 0.5) is 5.82 Å². The normalized spacial score (nSPS) is 16.7. The van der Waals surface area contributed by atoms with Gasteiger partial charge in [0, 0.05) is 6.04 Å². The summed E-state index contributed by atoms with van der Waals surface area (Å²) in [4.78, 5) is 24.8. The Morgan fingerprint density at radius 2 is 1.96 bits per heavy atom. The minimum absolute atomic E-state index is 0.0457. The van der Waals surface area contributed by atoms with Crippen molar-refractivity contribution < 1.29 is 9.53 Å². The Labute approximate surface area is 163 Å². The molecular weight excluding hydrogens is 362 g/mol. The maximum Gasteiger partial charge on any atom is 0.270 e. The number of carbonyl (C=O) groups is 1. The first-order chi connectivity index (χ1) is 13.0. The summed E-state index contributed by atoms with van der Waals surface area (Å²) in [6, 6.07) is 7.89. The lowest BCUT2D eigenvalue weighted by atomic mass is 10.1. The van der Waals surface area contributed by atoms with E-state index in [-0.39, 0.29) is 22.8 Å². The average Bonchev–Trinajstić information content (AvgIpc) is 2.86. The van der Waals surface area contributed by atoms with E-state index in [1.807, 2.05) is 38.1 Å². The maximum atomic E-state index is 12.6. The van der Waals surface area contributed by atoms with Crippen molar-refractivity contribution in [1.29, 1.82) is 0 Å². The molecular formula is C20H27N3O3S. The Morgan fingerprint density at radius 3 is 2.63 bits per heavy atom. The van der Waals surface area contributed by atoms with Crippen molar-refractivity contribution in [3.05, 3.63) is 45.7 Å². The van der Waals surface area contributed by atoms with Crippen LogP contribution in [-0.4, -0.2) is 28.0 Å². The third-order valence-corrected chi connectivity index (χ3v) is 5.85. The number of thioether (sulfide) groups is 1. The summed E-state index contributed by atoms with van der Waals surface area (Å²) in [5.74, 6) is 1.63. The van der Waals surface area contributed by atoms with Gasteiger partial charge in [0.15, 0.2) is 0 Å². The Morgan fingerprint density at radius 1 is 1.22 bits per heavy atom. The zero-order valence-corrected chi connectivity index (χ0v) is 16.9. The van der Waals surface area contributed by atoms with Gasteiger partial charge in [-0.15, -0.1) is 11.8 Å². The lowest BCUT2D eigenvalue weighted by molar-refractivity contribution is -0.113. The van der Waals surface area contributed by atoms with Crippen LogP contribution in [0.25, 0.3) is 0 Å². The number of aromatic amines is 1. The van der Waals surface area contributed by atoms with Gasteiger partial charge in [-0.1, -0.05) is 31.9 Å². The van der Waals surface area contributed by atoms with Gasteiger partial charge in [-0.2, -0.15) is 0 Å². The number of aromatic nitrogens is 2. The van der Waals surface area contributed by atoms with Crippen LogP contribution in [0.3, 0.4) is 0 Å². The number of amides is 1. The second-order valence-corrected chi connectivity index (χ2v) is 8.12. The Bertz CT molecular complexity index is 839. The van der Waals surface area contributed by atoms with Crippen molar-refractivity contribution in [2.45, 2.75) is 51.3 Å². The van der Waals surface area contributed by atoms with Crippen molar-refractivity contribution in [3.8, 4) is 5.75 Å². The summed E-state index contributed by atoms with van der Waals surface area (Å²) in [6.45, 7) is 6.83. The number of hydrogen-bond acceptors (Lipinski definition) is 4. The van der Waals surface area contributed by atoms with Crippen molar-refractivity contribution in [2.75, 3.05) is 17.7 Å². The number of ether oxygens (including phenoxy) is 1. The lowest BCUT2D eigenvalue weighted by Gasteiger charge is -2.15. The molecule has 1 aliphatic rings. The zero-order chi connectivity index (χ0) is 19.4. The van der Waals surface area contributed by atoms with E-state index >= 15 is 0 Å². The van der Waals surface area contributed by atoms with Gasteiger partial charge in [0.25, 0.3) is 5.56 Å². The molecule has 2 heterocycles. The fourth-order valence-corrected chi connectivity index (χ4v) is 4.30. The van der Waals surface area contributed by atoms with Crippen LogP contribution in [0.15, 0.2) is 29.1 Å². The van der Waals surface area contributed by atoms with Gasteiger partial charge < -0.3 is 10.1 Å². The Hall–Kier alpha value is -2.15. The minimum Gasteiger partial charge on any atom is -0.494 e. The Balaban J connectivity index is 1.87. The standard InChI is InChI=1S/C20H27N3O3S/c1-4-5-6-11-26-15-9-7-14(8-10-15)18-17-19(21-16(24)12-27-18)23(13(2)3)22-20(17)25/h7-10,13,18H,4-6,11-12H2,1-3H3,(H,21,24)(H,22,25). The van der Waals surface area contributed by atoms with Gasteiger partial charge in [0.05, 0.1) is 23.2 Å². The summed E-state index contributed by atoms with van der Waals surface area (Å²) < 4.78 is 7.51. The van der Waals surface area contributed by atoms with Crippen LogP contribution >= 0.6 is 11.8 Å². The molecule has 7 heteroatoms. The van der Waals surface area contributed by atoms with E-state index < -0.39 is 0 Å². The van der Waals surface area contributed by atoms with Gasteiger partial charge in [0.2, 0.25) is 5.91 Å². The molecule has 0 aliphatic carbocycles. The molecule has 0 saturated carbocycles. The van der Waals surface area contributed by atoms with E-state index in [4.69, 9.17) is 4.74 Å². The molecule has 2 aromatic rings. The molecule has 0 fully saturated rings.